The first-order valence-electron chi connectivity index (χ1n) is 16.5. The number of esters is 1. The average molecular weight is 741 g/mol. The topological polar surface area (TPSA) is 61.8 Å². The molecule has 0 spiro atoms. The lowest BCUT2D eigenvalue weighted by Crippen LogP contribution is -2.51. The van der Waals surface area contributed by atoms with Crippen molar-refractivity contribution in [3.63, 3.8) is 0 Å². The molecule has 0 bridgehead atoms. The molecule has 0 N–H and O–H groups in total. The molecule has 0 aliphatic carbocycles. The zero-order chi connectivity index (χ0) is 34.7. The van der Waals surface area contributed by atoms with Crippen molar-refractivity contribution in [2.45, 2.75) is 71.9 Å². The van der Waals surface area contributed by atoms with E-state index >= 15 is 0 Å². The molecule has 1 aliphatic rings. The third kappa shape index (κ3) is 12.1. The first-order chi connectivity index (χ1) is 22.8. The van der Waals surface area contributed by atoms with Crippen LogP contribution in [0.1, 0.15) is 61.3 Å². The van der Waals surface area contributed by atoms with Crippen molar-refractivity contribution in [1.82, 2.24) is 0 Å². The molecule has 2 unspecified atom stereocenters. The van der Waals surface area contributed by atoms with E-state index in [0.717, 1.165) is 60.2 Å². The fourth-order valence-corrected chi connectivity index (χ4v) is 7.22. The van der Waals surface area contributed by atoms with E-state index in [9.17, 15) is 9.59 Å². The van der Waals surface area contributed by atoms with E-state index in [1.807, 2.05) is 24.3 Å². The van der Waals surface area contributed by atoms with Crippen LogP contribution in [0.15, 0.2) is 60.7 Å². The molecule has 0 aromatic heterocycles. The standard InChI is InChI=1S/C37H46Cl4N2O5/c1-27-9-11-29(12-10-27)24-42(3,25-30-13-16-33(39)35(41)22-30)20-21-46-37(45)48-28(2)47-36(44)8-7-19-43(17-5-4-6-18-43)26-31-14-15-32(38)23-34(31)40/h9-16,22-23,28H,4-8,17-21,24-26H2,1-3H3/q+2. The van der Waals surface area contributed by atoms with E-state index in [-0.39, 0.29) is 13.0 Å². The van der Waals surface area contributed by atoms with Gasteiger partial charge in [0.15, 0.2) is 0 Å². The Morgan fingerprint density at radius 3 is 2.21 bits per heavy atom. The molecule has 4 rings (SSSR count). The van der Waals surface area contributed by atoms with Gasteiger partial charge in [0.1, 0.15) is 32.8 Å². The van der Waals surface area contributed by atoms with Crippen molar-refractivity contribution in [3.05, 3.63) is 103 Å². The zero-order valence-electron chi connectivity index (χ0n) is 28.0. The summed E-state index contributed by atoms with van der Waals surface area (Å²) in [5.74, 6) is -0.418. The molecule has 7 nitrogen and oxygen atoms in total. The number of hydrogen-bond donors (Lipinski definition) is 0. The number of hydrogen-bond acceptors (Lipinski definition) is 5. The first-order valence-corrected chi connectivity index (χ1v) is 18.0. The summed E-state index contributed by atoms with van der Waals surface area (Å²) in [6, 6.07) is 19.6. The lowest BCUT2D eigenvalue weighted by Gasteiger charge is -2.42. The Labute approximate surface area is 304 Å². The normalized spacial score (nSPS) is 16.1. The summed E-state index contributed by atoms with van der Waals surface area (Å²) in [5, 5.41) is 2.28. The Hall–Kier alpha value is -2.52. The number of nitrogens with zero attached hydrogens (tertiary/aromatic N) is 2. The lowest BCUT2D eigenvalue weighted by molar-refractivity contribution is -0.945. The predicted octanol–water partition coefficient (Wildman–Crippen LogP) is 9.78. The molecule has 11 heteroatoms. The number of aryl methyl sites for hydroxylation is 1. The van der Waals surface area contributed by atoms with Crippen molar-refractivity contribution in [3.8, 4) is 0 Å². The van der Waals surface area contributed by atoms with Gasteiger partial charge < -0.3 is 23.2 Å². The van der Waals surface area contributed by atoms with E-state index in [1.54, 1.807) is 12.1 Å². The lowest BCUT2D eigenvalue weighted by atomic mass is 10.0. The van der Waals surface area contributed by atoms with Gasteiger partial charge in [-0.1, -0.05) is 88.4 Å². The van der Waals surface area contributed by atoms with Crippen LogP contribution >= 0.6 is 46.4 Å². The van der Waals surface area contributed by atoms with E-state index in [0.29, 0.717) is 50.6 Å². The molecule has 2 atom stereocenters. The number of piperidine rings is 1. The fraction of sp³-hybridized carbons (Fsp3) is 0.459. The van der Waals surface area contributed by atoms with Crippen LogP contribution < -0.4 is 0 Å². The molecular weight excluding hydrogens is 694 g/mol. The molecule has 0 radical (unpaired) electrons. The van der Waals surface area contributed by atoms with Crippen LogP contribution in [0.5, 0.6) is 0 Å². The maximum atomic E-state index is 12.7. The van der Waals surface area contributed by atoms with Gasteiger partial charge >= 0.3 is 12.1 Å². The number of halogens is 4. The largest absolute Gasteiger partial charge is 0.511 e. The Bertz CT molecular complexity index is 1530. The summed E-state index contributed by atoms with van der Waals surface area (Å²) < 4.78 is 17.5. The summed E-state index contributed by atoms with van der Waals surface area (Å²) in [6.45, 7) is 9.24. The molecular formula is C37H46Cl4N2O5+2. The second kappa shape index (κ2) is 17.9. The summed E-state index contributed by atoms with van der Waals surface area (Å²) in [4.78, 5) is 25.2. The maximum Gasteiger partial charge on any atom is 0.511 e. The number of carbonyl (C=O) groups excluding carboxylic acids is 2. The highest BCUT2D eigenvalue weighted by Gasteiger charge is 2.31. The Morgan fingerprint density at radius 1 is 0.833 bits per heavy atom. The Balaban J connectivity index is 1.24. The highest BCUT2D eigenvalue weighted by atomic mass is 35.5. The molecule has 260 valence electrons. The fourth-order valence-electron chi connectivity index (χ4n) is 6.43. The van der Waals surface area contributed by atoms with Crippen LogP contribution in [0, 0.1) is 6.92 Å². The minimum absolute atomic E-state index is 0.112. The van der Waals surface area contributed by atoms with Crippen LogP contribution in [0.2, 0.25) is 20.1 Å². The summed E-state index contributed by atoms with van der Waals surface area (Å²) in [7, 11) is 2.10. The second-order valence-electron chi connectivity index (χ2n) is 13.2. The minimum Gasteiger partial charge on any atom is -0.428 e. The number of benzene rings is 3. The number of quaternary nitrogens is 2. The minimum atomic E-state index is -1.07. The van der Waals surface area contributed by atoms with Gasteiger partial charge in [0.05, 0.1) is 48.2 Å². The van der Waals surface area contributed by atoms with Gasteiger partial charge in [-0.25, -0.2) is 4.79 Å². The molecule has 1 fully saturated rings. The summed E-state index contributed by atoms with van der Waals surface area (Å²) in [6.07, 6.45) is 2.41. The van der Waals surface area contributed by atoms with Crippen LogP contribution in [0.3, 0.4) is 0 Å². The number of ether oxygens (including phenoxy) is 3. The monoisotopic (exact) mass is 738 g/mol. The van der Waals surface area contributed by atoms with E-state index < -0.39 is 18.4 Å². The molecule has 1 aliphatic heterocycles. The van der Waals surface area contributed by atoms with Crippen molar-refractivity contribution in [2.75, 3.05) is 39.8 Å². The molecule has 0 amide bonds. The Morgan fingerprint density at radius 2 is 1.52 bits per heavy atom. The highest BCUT2D eigenvalue weighted by molar-refractivity contribution is 6.42. The number of rotatable bonds is 15. The Kier molecular flexibility index (Phi) is 14.3. The molecule has 0 saturated carbocycles. The van der Waals surface area contributed by atoms with Gasteiger partial charge in [-0.2, -0.15) is 0 Å². The predicted molar refractivity (Wildman–Crippen MR) is 192 cm³/mol. The summed E-state index contributed by atoms with van der Waals surface area (Å²) >= 11 is 25.0. The van der Waals surface area contributed by atoms with Crippen molar-refractivity contribution in [1.29, 1.82) is 0 Å². The van der Waals surface area contributed by atoms with Crippen molar-refractivity contribution in [2.24, 2.45) is 0 Å². The van der Waals surface area contributed by atoms with E-state index in [1.165, 1.54) is 18.9 Å². The van der Waals surface area contributed by atoms with Gasteiger partial charge in [0.2, 0.25) is 6.29 Å². The molecule has 3 aromatic carbocycles. The number of likely N-dealkylation sites (tertiary alicyclic amines) is 1. The molecule has 1 heterocycles. The van der Waals surface area contributed by atoms with Crippen LogP contribution in [-0.4, -0.2) is 67.2 Å². The quantitative estimate of drug-likeness (QED) is 0.0883. The third-order valence-corrected chi connectivity index (χ3v) is 10.3. The molecule has 48 heavy (non-hydrogen) atoms. The molecule has 3 aromatic rings. The number of likely N-dealkylation sites (N-methyl/N-ethyl adjacent to an activating group) is 1. The van der Waals surface area contributed by atoms with Gasteiger partial charge in [-0.15, -0.1) is 0 Å². The zero-order valence-corrected chi connectivity index (χ0v) is 31.0. The van der Waals surface area contributed by atoms with Gasteiger partial charge in [-0.3, -0.25) is 4.79 Å². The van der Waals surface area contributed by atoms with Gasteiger partial charge in [0.25, 0.3) is 0 Å². The molecule has 1 saturated heterocycles. The SMILES string of the molecule is Cc1ccc(C[N+](C)(CCOC(=O)OC(C)OC(=O)CCC[N+]2(Cc3ccc(Cl)cc3Cl)CCCCC2)Cc2ccc(Cl)c(Cl)c2)cc1. The van der Waals surface area contributed by atoms with E-state index in [4.69, 9.17) is 60.6 Å². The smallest absolute Gasteiger partial charge is 0.428 e. The third-order valence-electron chi connectivity index (χ3n) is 8.94. The van der Waals surface area contributed by atoms with Gasteiger partial charge in [0, 0.05) is 35.1 Å². The van der Waals surface area contributed by atoms with E-state index in [2.05, 4.69) is 38.2 Å². The second-order valence-corrected chi connectivity index (χ2v) is 14.9. The van der Waals surface area contributed by atoms with Crippen LogP contribution in [0.4, 0.5) is 4.79 Å². The maximum absolute atomic E-state index is 12.7. The van der Waals surface area contributed by atoms with Crippen molar-refractivity contribution < 1.29 is 32.8 Å². The van der Waals surface area contributed by atoms with Crippen molar-refractivity contribution >= 4 is 58.5 Å². The summed E-state index contributed by atoms with van der Waals surface area (Å²) in [5.41, 5.74) is 4.43. The van der Waals surface area contributed by atoms with Crippen LogP contribution in [0.25, 0.3) is 0 Å². The van der Waals surface area contributed by atoms with Crippen LogP contribution in [-0.2, 0) is 38.6 Å². The number of carbonyl (C=O) groups is 2. The first kappa shape index (κ1) is 38.3. The van der Waals surface area contributed by atoms with Gasteiger partial charge in [-0.05, 0) is 50.5 Å². The average Bonchev–Trinajstić information content (AvgIpc) is 3.02. The highest BCUT2D eigenvalue weighted by Crippen LogP contribution is 2.29.